The third-order valence-corrected chi connectivity index (χ3v) is 6.29. The van der Waals surface area contributed by atoms with Crippen LogP contribution >= 0.6 is 0 Å². The predicted octanol–water partition coefficient (Wildman–Crippen LogP) is 2.85. The Labute approximate surface area is 199 Å². The van der Waals surface area contributed by atoms with Crippen LogP contribution in [-0.4, -0.2) is 80.2 Å². The summed E-state index contributed by atoms with van der Waals surface area (Å²) in [4.78, 5) is 30.2. The topological polar surface area (TPSA) is 88.5 Å². The number of aliphatic hydroxyl groups is 1. The maximum atomic E-state index is 13.2. The van der Waals surface area contributed by atoms with Crippen molar-refractivity contribution in [1.29, 1.82) is 0 Å². The van der Waals surface area contributed by atoms with Gasteiger partial charge in [-0.25, -0.2) is 0 Å². The first-order valence-electron chi connectivity index (χ1n) is 11.4. The summed E-state index contributed by atoms with van der Waals surface area (Å²) in [5.74, 6) is -0.476. The summed E-state index contributed by atoms with van der Waals surface area (Å²) in [6, 6.07) is 13.3. The summed E-state index contributed by atoms with van der Waals surface area (Å²) < 4.78 is 16.2. The van der Waals surface area contributed by atoms with Gasteiger partial charge in [0.1, 0.15) is 17.3 Å². The number of carbonyl (C=O) groups excluding carboxylic acids is 2. The number of ketones is 1. The van der Waals surface area contributed by atoms with E-state index in [1.54, 1.807) is 42.3 Å². The van der Waals surface area contributed by atoms with E-state index in [2.05, 4.69) is 4.90 Å². The van der Waals surface area contributed by atoms with E-state index in [9.17, 15) is 14.7 Å². The highest BCUT2D eigenvalue weighted by atomic mass is 16.5. The zero-order chi connectivity index (χ0) is 24.1. The van der Waals surface area contributed by atoms with Crippen molar-refractivity contribution in [3.63, 3.8) is 0 Å². The first-order chi connectivity index (χ1) is 16.5. The molecule has 0 unspecified atom stereocenters. The van der Waals surface area contributed by atoms with Crippen LogP contribution in [0.2, 0.25) is 0 Å². The smallest absolute Gasteiger partial charge is 0.295 e. The van der Waals surface area contributed by atoms with Gasteiger partial charge in [0.2, 0.25) is 0 Å². The zero-order valence-electron chi connectivity index (χ0n) is 19.5. The van der Waals surface area contributed by atoms with Crippen LogP contribution in [-0.2, 0) is 14.3 Å². The third kappa shape index (κ3) is 4.78. The molecular formula is C26H30N2O6. The van der Waals surface area contributed by atoms with Crippen LogP contribution in [0.3, 0.4) is 0 Å². The van der Waals surface area contributed by atoms with Crippen LogP contribution < -0.4 is 9.47 Å². The fraction of sp³-hybridized carbons (Fsp3) is 0.385. The maximum Gasteiger partial charge on any atom is 0.295 e. The number of Topliss-reactive ketones (excluding diaryl/α,β-unsaturated/α-hetero) is 1. The number of rotatable bonds is 8. The van der Waals surface area contributed by atoms with E-state index >= 15 is 0 Å². The molecule has 4 rings (SSSR count). The van der Waals surface area contributed by atoms with E-state index < -0.39 is 17.7 Å². The highest BCUT2D eigenvalue weighted by Crippen LogP contribution is 2.42. The molecule has 0 aromatic heterocycles. The summed E-state index contributed by atoms with van der Waals surface area (Å²) in [6.07, 6.45) is 0.692. The van der Waals surface area contributed by atoms with E-state index in [1.165, 1.54) is 7.11 Å². The molecule has 2 aromatic rings. The van der Waals surface area contributed by atoms with Crippen LogP contribution in [0.25, 0.3) is 5.76 Å². The molecule has 34 heavy (non-hydrogen) atoms. The number of para-hydroxylation sites is 1. The molecule has 0 bridgehead atoms. The monoisotopic (exact) mass is 466 g/mol. The van der Waals surface area contributed by atoms with Crippen molar-refractivity contribution in [3.05, 3.63) is 65.2 Å². The van der Waals surface area contributed by atoms with Gasteiger partial charge in [0, 0.05) is 37.3 Å². The molecule has 8 heteroatoms. The van der Waals surface area contributed by atoms with Crippen molar-refractivity contribution in [3.8, 4) is 11.5 Å². The van der Waals surface area contributed by atoms with Gasteiger partial charge in [0.15, 0.2) is 0 Å². The van der Waals surface area contributed by atoms with Crippen LogP contribution in [0.5, 0.6) is 11.5 Å². The number of morpholine rings is 1. The van der Waals surface area contributed by atoms with Crippen molar-refractivity contribution in [1.82, 2.24) is 9.80 Å². The SMILES string of the molecule is COc1cccc(/C(O)=C2\C(=O)C(=O)N(CCCN3CCOCC3)[C@@H]2c2ccccc2OC)c1. The maximum absolute atomic E-state index is 13.2. The Balaban J connectivity index is 1.72. The largest absolute Gasteiger partial charge is 0.507 e. The van der Waals surface area contributed by atoms with Crippen molar-refractivity contribution >= 4 is 17.4 Å². The number of methoxy groups -OCH3 is 2. The summed E-state index contributed by atoms with van der Waals surface area (Å²) in [6.45, 7) is 4.27. The molecule has 1 atom stereocenters. The number of aliphatic hydroxyl groups excluding tert-OH is 1. The highest BCUT2D eigenvalue weighted by Gasteiger charge is 2.46. The molecule has 0 spiro atoms. The number of nitrogens with zero attached hydrogens (tertiary/aromatic N) is 2. The lowest BCUT2D eigenvalue weighted by Gasteiger charge is -2.29. The highest BCUT2D eigenvalue weighted by molar-refractivity contribution is 6.46. The Hall–Kier alpha value is -3.36. The number of amides is 1. The van der Waals surface area contributed by atoms with Gasteiger partial charge in [-0.05, 0) is 24.6 Å². The number of ether oxygens (including phenoxy) is 3. The molecule has 1 N–H and O–H groups in total. The average Bonchev–Trinajstić information content (AvgIpc) is 3.13. The number of benzene rings is 2. The minimum atomic E-state index is -0.757. The molecule has 1 amide bonds. The summed E-state index contributed by atoms with van der Waals surface area (Å²) in [5, 5.41) is 11.2. The van der Waals surface area contributed by atoms with Gasteiger partial charge < -0.3 is 24.2 Å². The van der Waals surface area contributed by atoms with Crippen LogP contribution in [0.4, 0.5) is 0 Å². The van der Waals surface area contributed by atoms with Crippen molar-refractivity contribution < 1.29 is 28.9 Å². The normalized spacial score (nSPS) is 20.5. The fourth-order valence-corrected chi connectivity index (χ4v) is 4.54. The second-order valence-corrected chi connectivity index (χ2v) is 8.27. The van der Waals surface area contributed by atoms with Gasteiger partial charge in [0.25, 0.3) is 11.7 Å². The zero-order valence-corrected chi connectivity index (χ0v) is 19.5. The quantitative estimate of drug-likeness (QED) is 0.364. The minimum Gasteiger partial charge on any atom is -0.507 e. The molecular weight excluding hydrogens is 436 g/mol. The lowest BCUT2D eigenvalue weighted by Crippen LogP contribution is -2.39. The van der Waals surface area contributed by atoms with E-state index in [4.69, 9.17) is 14.2 Å². The fourth-order valence-electron chi connectivity index (χ4n) is 4.54. The van der Waals surface area contributed by atoms with Crippen LogP contribution in [0, 0.1) is 0 Å². The first kappa shape index (κ1) is 23.8. The average molecular weight is 467 g/mol. The second kappa shape index (κ2) is 10.7. The Morgan fingerprint density at radius 2 is 1.79 bits per heavy atom. The van der Waals surface area contributed by atoms with Gasteiger partial charge in [-0.1, -0.05) is 30.3 Å². The summed E-state index contributed by atoms with van der Waals surface area (Å²) in [5.41, 5.74) is 1.11. The molecule has 2 aliphatic rings. The molecule has 0 saturated carbocycles. The van der Waals surface area contributed by atoms with Crippen molar-refractivity contribution in [2.45, 2.75) is 12.5 Å². The molecule has 2 fully saturated rings. The van der Waals surface area contributed by atoms with Gasteiger partial charge in [-0.15, -0.1) is 0 Å². The first-order valence-corrected chi connectivity index (χ1v) is 11.4. The number of hydrogen-bond donors (Lipinski definition) is 1. The molecule has 2 saturated heterocycles. The van der Waals surface area contributed by atoms with Crippen molar-refractivity contribution in [2.75, 3.05) is 53.6 Å². The van der Waals surface area contributed by atoms with E-state index in [-0.39, 0.29) is 11.3 Å². The van der Waals surface area contributed by atoms with Crippen molar-refractivity contribution in [2.24, 2.45) is 0 Å². The molecule has 2 aliphatic heterocycles. The van der Waals surface area contributed by atoms with Gasteiger partial charge >= 0.3 is 0 Å². The standard InChI is InChI=1S/C26H30N2O6/c1-32-19-8-5-7-18(17-19)24(29)22-23(20-9-3-4-10-21(20)33-2)28(26(31)25(22)30)12-6-11-27-13-15-34-16-14-27/h3-5,7-10,17,23,29H,6,11-16H2,1-2H3/b24-22+/t23-/m1/s1. The van der Waals surface area contributed by atoms with Crippen LogP contribution in [0.1, 0.15) is 23.6 Å². The van der Waals surface area contributed by atoms with Crippen LogP contribution in [0.15, 0.2) is 54.1 Å². The minimum absolute atomic E-state index is 0.0501. The Morgan fingerprint density at radius 3 is 2.53 bits per heavy atom. The summed E-state index contributed by atoms with van der Waals surface area (Å²) >= 11 is 0. The van der Waals surface area contributed by atoms with E-state index in [0.717, 1.165) is 19.6 Å². The van der Waals surface area contributed by atoms with E-state index in [1.807, 2.05) is 18.2 Å². The molecule has 2 aromatic carbocycles. The Bertz CT molecular complexity index is 1080. The molecule has 0 aliphatic carbocycles. The van der Waals surface area contributed by atoms with E-state index in [0.29, 0.717) is 48.8 Å². The lowest BCUT2D eigenvalue weighted by molar-refractivity contribution is -0.140. The number of likely N-dealkylation sites (tertiary alicyclic amines) is 1. The summed E-state index contributed by atoms with van der Waals surface area (Å²) in [7, 11) is 3.08. The number of carbonyl (C=O) groups is 2. The third-order valence-electron chi connectivity index (χ3n) is 6.29. The molecule has 0 radical (unpaired) electrons. The molecule has 180 valence electrons. The molecule has 2 heterocycles. The second-order valence-electron chi connectivity index (χ2n) is 8.27. The number of hydrogen-bond acceptors (Lipinski definition) is 7. The Kier molecular flexibility index (Phi) is 7.49. The van der Waals surface area contributed by atoms with Gasteiger partial charge in [-0.2, -0.15) is 0 Å². The van der Waals surface area contributed by atoms with Gasteiger partial charge in [-0.3, -0.25) is 14.5 Å². The lowest BCUT2D eigenvalue weighted by atomic mass is 9.94. The predicted molar refractivity (Wildman–Crippen MR) is 127 cm³/mol. The van der Waals surface area contributed by atoms with Gasteiger partial charge in [0.05, 0.1) is 39.0 Å². The Morgan fingerprint density at radius 1 is 1.03 bits per heavy atom. The molecule has 8 nitrogen and oxygen atoms in total.